The van der Waals surface area contributed by atoms with Crippen LogP contribution in [0.1, 0.15) is 37.0 Å². The zero-order valence-electron chi connectivity index (χ0n) is 11.5. The number of hydrogen-bond acceptors (Lipinski definition) is 3. The first kappa shape index (κ1) is 14.0. The molecule has 0 saturated carbocycles. The number of nitrogens with zero attached hydrogens (tertiary/aromatic N) is 3. The van der Waals surface area contributed by atoms with Gasteiger partial charge in [0.1, 0.15) is 0 Å². The third-order valence-electron chi connectivity index (χ3n) is 3.16. The summed E-state index contributed by atoms with van der Waals surface area (Å²) in [5.41, 5.74) is 2.94. The molecule has 102 valence electrons. The maximum Gasteiger partial charge on any atom is 0.0860 e. The molecule has 0 unspecified atom stereocenters. The summed E-state index contributed by atoms with van der Waals surface area (Å²) >= 11 is 6.28. The molecule has 0 saturated heterocycles. The van der Waals surface area contributed by atoms with E-state index in [0.29, 0.717) is 6.54 Å². The van der Waals surface area contributed by atoms with Crippen molar-refractivity contribution in [3.63, 3.8) is 0 Å². The van der Waals surface area contributed by atoms with Gasteiger partial charge < -0.3 is 5.32 Å². The average molecular weight is 279 g/mol. The standard InChI is InChI=1S/C14H19ClN4/c1-4-19-13(14(15)11(3)18-19)9-17-10(2)12-7-5-6-8-16-12/h5-8,10,17H,4,9H2,1-3H3/t10-/m0/s1. The maximum atomic E-state index is 6.28. The summed E-state index contributed by atoms with van der Waals surface area (Å²) in [4.78, 5) is 4.34. The lowest BCUT2D eigenvalue weighted by Crippen LogP contribution is -2.21. The van der Waals surface area contributed by atoms with Gasteiger partial charge in [-0.25, -0.2) is 0 Å². The number of aryl methyl sites for hydroxylation is 2. The van der Waals surface area contributed by atoms with Crippen LogP contribution >= 0.6 is 11.6 Å². The van der Waals surface area contributed by atoms with Crippen molar-refractivity contribution in [2.24, 2.45) is 0 Å². The Morgan fingerprint density at radius 3 is 2.84 bits per heavy atom. The Morgan fingerprint density at radius 2 is 2.21 bits per heavy atom. The third-order valence-corrected chi connectivity index (χ3v) is 3.65. The van der Waals surface area contributed by atoms with E-state index >= 15 is 0 Å². The van der Waals surface area contributed by atoms with Crippen molar-refractivity contribution < 1.29 is 0 Å². The fourth-order valence-corrected chi connectivity index (χ4v) is 2.23. The van der Waals surface area contributed by atoms with E-state index in [2.05, 4.69) is 29.2 Å². The van der Waals surface area contributed by atoms with Crippen molar-refractivity contribution in [1.29, 1.82) is 0 Å². The molecular weight excluding hydrogens is 260 g/mol. The summed E-state index contributed by atoms with van der Waals surface area (Å²) in [6, 6.07) is 6.11. The van der Waals surface area contributed by atoms with Gasteiger partial charge in [-0.2, -0.15) is 5.10 Å². The van der Waals surface area contributed by atoms with Crippen LogP contribution in [0, 0.1) is 6.92 Å². The monoisotopic (exact) mass is 278 g/mol. The normalized spacial score (nSPS) is 12.6. The summed E-state index contributed by atoms with van der Waals surface area (Å²) in [7, 11) is 0. The Labute approximate surface area is 118 Å². The Balaban J connectivity index is 2.07. The SMILES string of the molecule is CCn1nc(C)c(Cl)c1CN[C@@H](C)c1ccccn1. The van der Waals surface area contributed by atoms with Gasteiger partial charge in [0, 0.05) is 25.3 Å². The zero-order chi connectivity index (χ0) is 13.8. The van der Waals surface area contributed by atoms with Crippen molar-refractivity contribution >= 4 is 11.6 Å². The average Bonchev–Trinajstić information content (AvgIpc) is 2.72. The summed E-state index contributed by atoms with van der Waals surface area (Å²) in [5, 5.41) is 8.60. The lowest BCUT2D eigenvalue weighted by atomic mass is 10.2. The highest BCUT2D eigenvalue weighted by molar-refractivity contribution is 6.31. The van der Waals surface area contributed by atoms with E-state index < -0.39 is 0 Å². The minimum absolute atomic E-state index is 0.178. The molecule has 0 spiro atoms. The van der Waals surface area contributed by atoms with Gasteiger partial charge in [0.25, 0.3) is 0 Å². The zero-order valence-corrected chi connectivity index (χ0v) is 12.3. The fourth-order valence-electron chi connectivity index (χ4n) is 2.02. The quantitative estimate of drug-likeness (QED) is 0.914. The fraction of sp³-hybridized carbons (Fsp3) is 0.429. The summed E-state index contributed by atoms with van der Waals surface area (Å²) in [6.07, 6.45) is 1.81. The molecule has 0 radical (unpaired) electrons. The lowest BCUT2D eigenvalue weighted by molar-refractivity contribution is 0.523. The predicted octanol–water partition coefficient (Wildman–Crippen LogP) is 3.11. The van der Waals surface area contributed by atoms with Crippen LogP contribution < -0.4 is 5.32 Å². The lowest BCUT2D eigenvalue weighted by Gasteiger charge is -2.14. The van der Waals surface area contributed by atoms with Crippen molar-refractivity contribution in [3.8, 4) is 0 Å². The van der Waals surface area contributed by atoms with E-state index in [-0.39, 0.29) is 6.04 Å². The van der Waals surface area contributed by atoms with E-state index in [9.17, 15) is 0 Å². The molecule has 0 fully saturated rings. The van der Waals surface area contributed by atoms with E-state index in [1.807, 2.05) is 29.8 Å². The highest BCUT2D eigenvalue weighted by atomic mass is 35.5. The van der Waals surface area contributed by atoms with Crippen LogP contribution in [-0.2, 0) is 13.1 Å². The molecule has 0 amide bonds. The van der Waals surface area contributed by atoms with Gasteiger partial charge in [0.05, 0.1) is 22.1 Å². The van der Waals surface area contributed by atoms with Crippen LogP contribution in [0.3, 0.4) is 0 Å². The van der Waals surface area contributed by atoms with Gasteiger partial charge in [0.2, 0.25) is 0 Å². The predicted molar refractivity (Wildman–Crippen MR) is 77.1 cm³/mol. The van der Waals surface area contributed by atoms with Gasteiger partial charge in [-0.05, 0) is 32.9 Å². The van der Waals surface area contributed by atoms with Crippen LogP contribution in [-0.4, -0.2) is 14.8 Å². The van der Waals surface area contributed by atoms with E-state index in [1.54, 1.807) is 6.20 Å². The molecule has 2 aromatic heterocycles. The number of pyridine rings is 1. The second-order valence-electron chi connectivity index (χ2n) is 4.52. The molecule has 0 aliphatic heterocycles. The Kier molecular flexibility index (Phi) is 4.56. The van der Waals surface area contributed by atoms with Gasteiger partial charge in [0.15, 0.2) is 0 Å². The molecule has 1 atom stereocenters. The van der Waals surface area contributed by atoms with E-state index in [1.165, 1.54) is 0 Å². The first-order valence-electron chi connectivity index (χ1n) is 6.49. The van der Waals surface area contributed by atoms with Crippen molar-refractivity contribution in [3.05, 3.63) is 46.5 Å². The van der Waals surface area contributed by atoms with Gasteiger partial charge in [-0.1, -0.05) is 17.7 Å². The largest absolute Gasteiger partial charge is 0.303 e. The molecule has 0 aliphatic carbocycles. The Hall–Kier alpha value is -1.39. The first-order chi connectivity index (χ1) is 9.13. The maximum absolute atomic E-state index is 6.28. The van der Waals surface area contributed by atoms with Crippen LogP contribution in [0.25, 0.3) is 0 Å². The molecule has 19 heavy (non-hydrogen) atoms. The topological polar surface area (TPSA) is 42.7 Å². The van der Waals surface area contributed by atoms with E-state index in [4.69, 9.17) is 11.6 Å². The summed E-state index contributed by atoms with van der Waals surface area (Å²) in [5.74, 6) is 0. The number of nitrogens with one attached hydrogen (secondary N) is 1. The molecular formula is C14H19ClN4. The second-order valence-corrected chi connectivity index (χ2v) is 4.90. The number of hydrogen-bond donors (Lipinski definition) is 1. The van der Waals surface area contributed by atoms with Crippen molar-refractivity contribution in [2.75, 3.05) is 0 Å². The molecule has 2 aromatic rings. The number of rotatable bonds is 5. The minimum Gasteiger partial charge on any atom is -0.303 e. The third kappa shape index (κ3) is 3.14. The van der Waals surface area contributed by atoms with E-state index in [0.717, 1.165) is 28.6 Å². The highest BCUT2D eigenvalue weighted by Crippen LogP contribution is 2.21. The van der Waals surface area contributed by atoms with Crippen LogP contribution in [0.2, 0.25) is 5.02 Å². The smallest absolute Gasteiger partial charge is 0.0860 e. The number of aromatic nitrogens is 3. The molecule has 2 heterocycles. The molecule has 5 heteroatoms. The first-order valence-corrected chi connectivity index (χ1v) is 6.87. The molecule has 2 rings (SSSR count). The molecule has 4 nitrogen and oxygen atoms in total. The summed E-state index contributed by atoms with van der Waals surface area (Å²) < 4.78 is 1.94. The molecule has 0 aliphatic rings. The molecule has 0 bridgehead atoms. The molecule has 1 N–H and O–H groups in total. The van der Waals surface area contributed by atoms with Crippen LogP contribution in [0.15, 0.2) is 24.4 Å². The Morgan fingerprint density at radius 1 is 1.42 bits per heavy atom. The second kappa shape index (κ2) is 6.17. The van der Waals surface area contributed by atoms with Gasteiger partial charge in [-0.3, -0.25) is 9.67 Å². The van der Waals surface area contributed by atoms with Gasteiger partial charge >= 0.3 is 0 Å². The Bertz CT molecular complexity index is 536. The van der Waals surface area contributed by atoms with Crippen molar-refractivity contribution in [2.45, 2.75) is 39.9 Å². The minimum atomic E-state index is 0.178. The van der Waals surface area contributed by atoms with Gasteiger partial charge in [-0.15, -0.1) is 0 Å². The van der Waals surface area contributed by atoms with Crippen LogP contribution in [0.4, 0.5) is 0 Å². The van der Waals surface area contributed by atoms with Crippen LogP contribution in [0.5, 0.6) is 0 Å². The molecule has 0 aromatic carbocycles. The number of halogens is 1. The highest BCUT2D eigenvalue weighted by Gasteiger charge is 2.14. The van der Waals surface area contributed by atoms with Crippen molar-refractivity contribution in [1.82, 2.24) is 20.1 Å². The summed E-state index contributed by atoms with van der Waals surface area (Å²) in [6.45, 7) is 7.60.